The first kappa shape index (κ1) is 19.9. The third kappa shape index (κ3) is 4.71. The monoisotopic (exact) mass is 405 g/mol. The van der Waals surface area contributed by atoms with Crippen LogP contribution in [0, 0.1) is 0 Å². The van der Waals surface area contributed by atoms with E-state index in [1.807, 2.05) is 38.2 Å². The van der Waals surface area contributed by atoms with Gasteiger partial charge in [-0.15, -0.1) is 0 Å². The van der Waals surface area contributed by atoms with Crippen molar-refractivity contribution in [2.24, 2.45) is 7.05 Å². The van der Waals surface area contributed by atoms with E-state index < -0.39 is 10.0 Å². The highest BCUT2D eigenvalue weighted by Crippen LogP contribution is 2.28. The van der Waals surface area contributed by atoms with Gasteiger partial charge in [-0.1, -0.05) is 41.9 Å². The van der Waals surface area contributed by atoms with Crippen LogP contribution in [0.15, 0.2) is 54.7 Å². The summed E-state index contributed by atoms with van der Waals surface area (Å²) in [5.74, 6) is -0.0696. The fourth-order valence-corrected chi connectivity index (χ4v) is 4.54. The minimum absolute atomic E-state index is 0.0696. The second kappa shape index (κ2) is 8.02. The van der Waals surface area contributed by atoms with Crippen molar-refractivity contribution in [2.75, 3.05) is 20.6 Å². The molecule has 2 aromatic carbocycles. The number of likely N-dealkylation sites (N-methyl/N-ethyl adjacent to an activating group) is 1. The first-order chi connectivity index (χ1) is 12.8. The molecule has 0 bridgehead atoms. The molecule has 5 nitrogen and oxygen atoms in total. The summed E-state index contributed by atoms with van der Waals surface area (Å²) < 4.78 is 29.9. The summed E-state index contributed by atoms with van der Waals surface area (Å²) in [7, 11) is 2.46. The Labute approximate surface area is 165 Å². The summed E-state index contributed by atoms with van der Waals surface area (Å²) in [6.45, 7) is 0.303. The van der Waals surface area contributed by atoms with E-state index in [1.165, 1.54) is 0 Å². The molecule has 0 amide bonds. The molecule has 0 saturated heterocycles. The van der Waals surface area contributed by atoms with Crippen LogP contribution < -0.4 is 4.72 Å². The lowest BCUT2D eigenvalue weighted by Gasteiger charge is -2.24. The van der Waals surface area contributed by atoms with Gasteiger partial charge in [0.05, 0.1) is 5.75 Å². The van der Waals surface area contributed by atoms with Gasteiger partial charge in [0.2, 0.25) is 10.0 Å². The predicted octanol–water partition coefficient (Wildman–Crippen LogP) is 3.55. The first-order valence-electron chi connectivity index (χ1n) is 8.69. The zero-order valence-corrected chi connectivity index (χ0v) is 17.3. The Bertz CT molecular complexity index is 1030. The standard InChI is InChI=1S/C20H24ClN3O2S/c1-23(2)20(18-13-24(3)19-7-5-4-6-17(18)19)12-22-27(25,26)14-15-8-10-16(21)11-9-15/h4-11,13,20,22H,12,14H2,1-3H3. The summed E-state index contributed by atoms with van der Waals surface area (Å²) in [6.07, 6.45) is 2.07. The van der Waals surface area contributed by atoms with Crippen molar-refractivity contribution in [2.45, 2.75) is 11.8 Å². The predicted molar refractivity (Wildman–Crippen MR) is 111 cm³/mol. The molecule has 0 aliphatic heterocycles. The van der Waals surface area contributed by atoms with Crippen LogP contribution in [0.1, 0.15) is 17.2 Å². The Morgan fingerprint density at radius 2 is 1.78 bits per heavy atom. The molecule has 1 heterocycles. The minimum Gasteiger partial charge on any atom is -0.350 e. The third-order valence-corrected chi connectivity index (χ3v) is 6.25. The van der Waals surface area contributed by atoms with Gasteiger partial charge >= 0.3 is 0 Å². The van der Waals surface area contributed by atoms with Crippen molar-refractivity contribution in [1.29, 1.82) is 0 Å². The highest BCUT2D eigenvalue weighted by Gasteiger charge is 2.22. The molecule has 0 aliphatic carbocycles. The fourth-order valence-electron chi connectivity index (χ4n) is 3.27. The normalized spacial score (nSPS) is 13.4. The molecule has 0 aliphatic rings. The summed E-state index contributed by atoms with van der Waals surface area (Å²) in [5.41, 5.74) is 2.94. The molecule has 0 spiro atoms. The molecule has 1 N–H and O–H groups in total. The van der Waals surface area contributed by atoms with E-state index in [-0.39, 0.29) is 11.8 Å². The number of aromatic nitrogens is 1. The fraction of sp³-hybridized carbons (Fsp3) is 0.300. The van der Waals surface area contributed by atoms with E-state index >= 15 is 0 Å². The molecule has 7 heteroatoms. The van der Waals surface area contributed by atoms with Crippen LogP contribution in [0.4, 0.5) is 0 Å². The zero-order valence-electron chi connectivity index (χ0n) is 15.7. The van der Waals surface area contributed by atoms with Gasteiger partial charge < -0.3 is 9.47 Å². The molecule has 27 heavy (non-hydrogen) atoms. The van der Waals surface area contributed by atoms with Gasteiger partial charge in [-0.05, 0) is 43.4 Å². The molecule has 0 saturated carbocycles. The molecular weight excluding hydrogens is 382 g/mol. The lowest BCUT2D eigenvalue weighted by Crippen LogP contribution is -2.35. The number of rotatable bonds is 7. The average molecular weight is 406 g/mol. The van der Waals surface area contributed by atoms with Crippen LogP contribution in [0.2, 0.25) is 5.02 Å². The number of fused-ring (bicyclic) bond motifs is 1. The number of nitrogens with zero attached hydrogens (tertiary/aromatic N) is 2. The van der Waals surface area contributed by atoms with Gasteiger partial charge in [-0.25, -0.2) is 13.1 Å². The van der Waals surface area contributed by atoms with Crippen molar-refractivity contribution in [3.63, 3.8) is 0 Å². The first-order valence-corrected chi connectivity index (χ1v) is 10.7. The van der Waals surface area contributed by atoms with Gasteiger partial charge in [0.1, 0.15) is 0 Å². The Kier molecular flexibility index (Phi) is 5.91. The number of halogens is 1. The molecule has 3 aromatic rings. The number of aryl methyl sites for hydroxylation is 1. The number of para-hydroxylation sites is 1. The maximum absolute atomic E-state index is 12.5. The lowest BCUT2D eigenvalue weighted by atomic mass is 10.1. The van der Waals surface area contributed by atoms with E-state index in [9.17, 15) is 8.42 Å². The molecule has 1 atom stereocenters. The van der Waals surface area contributed by atoms with Crippen molar-refractivity contribution < 1.29 is 8.42 Å². The third-order valence-electron chi connectivity index (χ3n) is 4.68. The summed E-state index contributed by atoms with van der Waals surface area (Å²) in [4.78, 5) is 2.03. The van der Waals surface area contributed by atoms with Crippen LogP contribution in [0.25, 0.3) is 10.9 Å². The van der Waals surface area contributed by atoms with Crippen LogP contribution in [-0.4, -0.2) is 38.5 Å². The average Bonchev–Trinajstić information content (AvgIpc) is 2.94. The van der Waals surface area contributed by atoms with E-state index in [0.717, 1.165) is 16.5 Å². The van der Waals surface area contributed by atoms with Gasteiger partial charge in [0.15, 0.2) is 0 Å². The van der Waals surface area contributed by atoms with Gasteiger partial charge in [-0.2, -0.15) is 0 Å². The molecule has 1 unspecified atom stereocenters. The second-order valence-corrected chi connectivity index (χ2v) is 9.17. The molecule has 0 fully saturated rings. The second-order valence-electron chi connectivity index (χ2n) is 6.93. The van der Waals surface area contributed by atoms with Gasteiger partial charge in [-0.3, -0.25) is 0 Å². The van der Waals surface area contributed by atoms with Crippen molar-refractivity contribution in [3.8, 4) is 0 Å². The number of hydrogen-bond donors (Lipinski definition) is 1. The Morgan fingerprint density at radius 3 is 2.44 bits per heavy atom. The number of hydrogen-bond acceptors (Lipinski definition) is 3. The maximum Gasteiger partial charge on any atom is 0.215 e. The molecule has 0 radical (unpaired) electrons. The van der Waals surface area contributed by atoms with Crippen LogP contribution >= 0.6 is 11.6 Å². The van der Waals surface area contributed by atoms with E-state index in [1.54, 1.807) is 24.3 Å². The Balaban J connectivity index is 1.79. The highest BCUT2D eigenvalue weighted by molar-refractivity contribution is 7.88. The molecule has 1 aromatic heterocycles. The quantitative estimate of drug-likeness (QED) is 0.654. The molecule has 144 valence electrons. The maximum atomic E-state index is 12.5. The number of nitrogens with one attached hydrogen (secondary N) is 1. The summed E-state index contributed by atoms with van der Waals surface area (Å²) in [5, 5.41) is 1.73. The van der Waals surface area contributed by atoms with Crippen LogP contribution in [0.5, 0.6) is 0 Å². The molecule has 3 rings (SSSR count). The summed E-state index contributed by atoms with van der Waals surface area (Å²) >= 11 is 5.87. The van der Waals surface area contributed by atoms with E-state index in [0.29, 0.717) is 17.1 Å². The van der Waals surface area contributed by atoms with Crippen molar-refractivity contribution in [1.82, 2.24) is 14.2 Å². The number of benzene rings is 2. The SMILES string of the molecule is CN(C)C(CNS(=O)(=O)Cc1ccc(Cl)cc1)c1cn(C)c2ccccc12. The Hall–Kier alpha value is -1.86. The van der Waals surface area contributed by atoms with Crippen molar-refractivity contribution in [3.05, 3.63) is 70.9 Å². The van der Waals surface area contributed by atoms with Crippen LogP contribution in [0.3, 0.4) is 0 Å². The van der Waals surface area contributed by atoms with Crippen molar-refractivity contribution >= 4 is 32.5 Å². The van der Waals surface area contributed by atoms with Crippen LogP contribution in [-0.2, 0) is 22.8 Å². The van der Waals surface area contributed by atoms with E-state index in [4.69, 9.17) is 11.6 Å². The van der Waals surface area contributed by atoms with E-state index in [2.05, 4.69) is 27.6 Å². The van der Waals surface area contributed by atoms with Gasteiger partial charge in [0.25, 0.3) is 0 Å². The lowest BCUT2D eigenvalue weighted by molar-refractivity contribution is 0.301. The minimum atomic E-state index is -3.46. The summed E-state index contributed by atoms with van der Waals surface area (Å²) in [6, 6.07) is 14.9. The van der Waals surface area contributed by atoms with Gasteiger partial charge in [0, 0.05) is 41.8 Å². The zero-order chi connectivity index (χ0) is 19.6. The number of sulfonamides is 1. The molecular formula is C20H24ClN3O2S. The highest BCUT2D eigenvalue weighted by atomic mass is 35.5. The Morgan fingerprint density at radius 1 is 1.11 bits per heavy atom. The topological polar surface area (TPSA) is 54.3 Å². The smallest absolute Gasteiger partial charge is 0.215 e. The largest absolute Gasteiger partial charge is 0.350 e.